The third-order valence-corrected chi connectivity index (χ3v) is 3.78. The summed E-state index contributed by atoms with van der Waals surface area (Å²) in [4.78, 5) is 18.9. The molecule has 0 unspecified atom stereocenters. The molecule has 0 aliphatic heterocycles. The Morgan fingerprint density at radius 2 is 1.89 bits per heavy atom. The monoisotopic (exact) mass is 382 g/mol. The largest absolute Gasteiger partial charge is 0.417 e. The van der Waals surface area contributed by atoms with Crippen molar-refractivity contribution in [2.75, 3.05) is 0 Å². The van der Waals surface area contributed by atoms with E-state index in [1.54, 1.807) is 19.1 Å². The second-order valence-corrected chi connectivity index (χ2v) is 5.68. The zero-order valence-electron chi connectivity index (χ0n) is 13.7. The van der Waals surface area contributed by atoms with Gasteiger partial charge >= 0.3 is 12.8 Å². The Morgan fingerprint density at radius 3 is 2.52 bits per heavy atom. The lowest BCUT2D eigenvalue weighted by molar-refractivity contribution is -0.137. The lowest BCUT2D eigenvalue weighted by Gasteiger charge is -2.13. The number of carbonyl (C=O) groups excluding carboxylic acids is 1. The number of hydrogen-bond donors (Lipinski definition) is 0. The number of aldehydes is 1. The van der Waals surface area contributed by atoms with Crippen LogP contribution in [0.4, 0.5) is 22.0 Å². The van der Waals surface area contributed by atoms with Crippen molar-refractivity contribution in [1.29, 1.82) is 0 Å². The van der Waals surface area contributed by atoms with E-state index in [-0.39, 0.29) is 22.9 Å². The number of hydrogen-bond acceptors (Lipinski definition) is 4. The van der Waals surface area contributed by atoms with Gasteiger partial charge in [-0.05, 0) is 36.2 Å². The average Bonchev–Trinajstić information content (AvgIpc) is 2.58. The van der Waals surface area contributed by atoms with Gasteiger partial charge in [0.25, 0.3) is 0 Å². The average molecular weight is 382 g/mol. The van der Waals surface area contributed by atoms with Crippen molar-refractivity contribution in [2.24, 2.45) is 0 Å². The molecule has 0 radical (unpaired) electrons. The Balaban J connectivity index is 2.21. The second-order valence-electron chi connectivity index (χ2n) is 5.68. The fraction of sp³-hybridized carbons (Fsp3) is 0.167. The fourth-order valence-electron chi connectivity index (χ4n) is 2.69. The molecule has 0 N–H and O–H groups in total. The van der Waals surface area contributed by atoms with Crippen LogP contribution in [0.1, 0.15) is 21.5 Å². The predicted octanol–water partition coefficient (Wildman–Crippen LogP) is 5.04. The van der Waals surface area contributed by atoms with Crippen molar-refractivity contribution < 1.29 is 31.5 Å². The first kappa shape index (κ1) is 18.7. The van der Waals surface area contributed by atoms with Crippen molar-refractivity contribution in [2.45, 2.75) is 19.7 Å². The predicted molar refractivity (Wildman–Crippen MR) is 86.7 cm³/mol. The molecule has 0 spiro atoms. The highest BCUT2D eigenvalue weighted by molar-refractivity contribution is 5.93. The Morgan fingerprint density at radius 1 is 1.15 bits per heavy atom. The van der Waals surface area contributed by atoms with Crippen LogP contribution in [-0.2, 0) is 6.18 Å². The number of benzene rings is 2. The van der Waals surface area contributed by atoms with E-state index < -0.39 is 29.8 Å². The highest BCUT2D eigenvalue weighted by atomic mass is 19.4. The summed E-state index contributed by atoms with van der Waals surface area (Å²) in [6.45, 7) is -1.40. The van der Waals surface area contributed by atoms with Crippen molar-refractivity contribution in [1.82, 2.24) is 9.97 Å². The van der Waals surface area contributed by atoms with Gasteiger partial charge in [0, 0.05) is 11.1 Å². The summed E-state index contributed by atoms with van der Waals surface area (Å²) in [5.74, 6) is -0.402. The molecule has 27 heavy (non-hydrogen) atoms. The molecule has 3 aromatic rings. The van der Waals surface area contributed by atoms with Gasteiger partial charge in [0.2, 0.25) is 5.88 Å². The fourth-order valence-corrected chi connectivity index (χ4v) is 2.69. The summed E-state index contributed by atoms with van der Waals surface area (Å²) in [7, 11) is 0. The van der Waals surface area contributed by atoms with E-state index in [0.717, 1.165) is 18.3 Å². The second kappa shape index (κ2) is 6.90. The Labute approximate surface area is 149 Å². The van der Waals surface area contributed by atoms with Crippen LogP contribution in [0.2, 0.25) is 0 Å². The van der Waals surface area contributed by atoms with E-state index in [9.17, 15) is 26.7 Å². The zero-order chi connectivity index (χ0) is 19.8. The molecule has 0 aliphatic rings. The smallest absolute Gasteiger partial charge is 0.415 e. The molecule has 0 bridgehead atoms. The van der Waals surface area contributed by atoms with Gasteiger partial charge in [-0.15, -0.1) is 0 Å². The van der Waals surface area contributed by atoms with Crippen molar-refractivity contribution in [3.05, 3.63) is 53.2 Å². The minimum Gasteiger partial charge on any atom is -0.415 e. The summed E-state index contributed by atoms with van der Waals surface area (Å²) < 4.78 is 68.6. The van der Waals surface area contributed by atoms with Crippen molar-refractivity contribution >= 4 is 17.3 Å². The van der Waals surface area contributed by atoms with E-state index in [0.29, 0.717) is 11.1 Å². The lowest BCUT2D eigenvalue weighted by Crippen LogP contribution is -2.09. The van der Waals surface area contributed by atoms with Crippen LogP contribution in [0, 0.1) is 6.92 Å². The van der Waals surface area contributed by atoms with Crippen LogP contribution in [0.5, 0.6) is 5.88 Å². The molecule has 3 rings (SSSR count). The highest BCUT2D eigenvalue weighted by Gasteiger charge is 2.33. The molecule has 140 valence electrons. The van der Waals surface area contributed by atoms with Gasteiger partial charge in [0.1, 0.15) is 0 Å². The SMILES string of the molecule is Cc1cc(-c2ccc(C=O)c(C(F)(F)F)c2)c2ncc(OC(F)F)nc2c1. The molecule has 0 amide bonds. The summed E-state index contributed by atoms with van der Waals surface area (Å²) in [6.07, 6.45) is -3.61. The third-order valence-electron chi connectivity index (χ3n) is 3.78. The lowest BCUT2D eigenvalue weighted by atomic mass is 9.97. The molecule has 0 fully saturated rings. The first-order chi connectivity index (χ1) is 12.7. The number of carbonyl (C=O) groups is 1. The highest BCUT2D eigenvalue weighted by Crippen LogP contribution is 2.36. The number of aryl methyl sites for hydroxylation is 1. The maximum absolute atomic E-state index is 13.2. The Hall–Kier alpha value is -3.10. The van der Waals surface area contributed by atoms with Gasteiger partial charge in [0.15, 0.2) is 6.29 Å². The van der Waals surface area contributed by atoms with Crippen LogP contribution in [0.25, 0.3) is 22.2 Å². The molecule has 1 aromatic heterocycles. The molecule has 4 nitrogen and oxygen atoms in total. The van der Waals surface area contributed by atoms with E-state index >= 15 is 0 Å². The normalized spacial score (nSPS) is 11.8. The molecule has 0 saturated carbocycles. The van der Waals surface area contributed by atoms with Gasteiger partial charge < -0.3 is 4.74 Å². The third kappa shape index (κ3) is 3.86. The molecular formula is C18H11F5N2O2. The van der Waals surface area contributed by atoms with Crippen molar-refractivity contribution in [3.63, 3.8) is 0 Å². The summed E-state index contributed by atoms with van der Waals surface area (Å²) in [5, 5.41) is 0. The van der Waals surface area contributed by atoms with Crippen LogP contribution in [-0.4, -0.2) is 22.9 Å². The summed E-state index contributed by atoms with van der Waals surface area (Å²) in [6, 6.07) is 6.43. The minimum atomic E-state index is -4.71. The minimum absolute atomic E-state index is 0.134. The van der Waals surface area contributed by atoms with Crippen LogP contribution < -0.4 is 4.74 Å². The Kier molecular flexibility index (Phi) is 4.77. The van der Waals surface area contributed by atoms with E-state index in [1.165, 1.54) is 6.07 Å². The number of ether oxygens (including phenoxy) is 1. The zero-order valence-corrected chi connectivity index (χ0v) is 13.7. The maximum atomic E-state index is 13.2. The van der Waals surface area contributed by atoms with E-state index in [1.807, 2.05) is 0 Å². The molecular weight excluding hydrogens is 371 g/mol. The maximum Gasteiger partial charge on any atom is 0.417 e. The Bertz CT molecular complexity index is 1020. The van der Waals surface area contributed by atoms with Crippen LogP contribution in [0.3, 0.4) is 0 Å². The number of halogens is 5. The number of rotatable bonds is 4. The van der Waals surface area contributed by atoms with Crippen LogP contribution >= 0.6 is 0 Å². The standard InChI is InChI=1S/C18H11F5N2O2/c1-9-4-12(10-2-3-11(8-26)13(6-10)18(21,22)23)16-14(5-9)25-15(7-24-16)27-17(19)20/h2-8,17H,1H3. The molecule has 1 heterocycles. The van der Waals surface area contributed by atoms with Gasteiger partial charge in [-0.25, -0.2) is 9.97 Å². The molecule has 2 aromatic carbocycles. The van der Waals surface area contributed by atoms with Gasteiger partial charge in [0.05, 0.1) is 22.8 Å². The van der Waals surface area contributed by atoms with Crippen molar-refractivity contribution in [3.8, 4) is 17.0 Å². The number of fused-ring (bicyclic) bond motifs is 1. The molecule has 0 atom stereocenters. The molecule has 0 aliphatic carbocycles. The summed E-state index contributed by atoms with van der Waals surface area (Å²) in [5.41, 5.74) is -0.0286. The van der Waals surface area contributed by atoms with E-state index in [4.69, 9.17) is 0 Å². The molecule has 9 heteroatoms. The van der Waals surface area contributed by atoms with Crippen LogP contribution in [0.15, 0.2) is 36.5 Å². The van der Waals surface area contributed by atoms with E-state index in [2.05, 4.69) is 14.7 Å². The first-order valence-corrected chi connectivity index (χ1v) is 7.58. The van der Waals surface area contributed by atoms with Gasteiger partial charge in [-0.1, -0.05) is 12.1 Å². The van der Waals surface area contributed by atoms with Gasteiger partial charge in [-0.2, -0.15) is 22.0 Å². The van der Waals surface area contributed by atoms with Gasteiger partial charge in [-0.3, -0.25) is 4.79 Å². The quantitative estimate of drug-likeness (QED) is 0.469. The number of alkyl halides is 5. The number of nitrogens with zero attached hydrogens (tertiary/aromatic N) is 2. The summed E-state index contributed by atoms with van der Waals surface area (Å²) >= 11 is 0. The number of aromatic nitrogens is 2. The topological polar surface area (TPSA) is 52.1 Å². The molecule has 0 saturated heterocycles. The first-order valence-electron chi connectivity index (χ1n) is 7.58.